The lowest BCUT2D eigenvalue weighted by Gasteiger charge is -2.26. The fraction of sp³-hybridized carbons (Fsp3) is 0.714. The number of halogens is 2. The van der Waals surface area contributed by atoms with Crippen LogP contribution in [-0.4, -0.2) is 76.0 Å². The van der Waals surface area contributed by atoms with Gasteiger partial charge in [0, 0.05) is 12.8 Å². The molecule has 3 atom stereocenters. The summed E-state index contributed by atoms with van der Waals surface area (Å²) in [7, 11) is 0. The molecule has 0 spiro atoms. The number of carbonyl (C=O) groups excluding carboxylic acids is 4. The number of carboxylic acid groups (broad SMARTS) is 2. The van der Waals surface area contributed by atoms with Crippen LogP contribution in [-0.2, 0) is 28.7 Å². The van der Waals surface area contributed by atoms with Gasteiger partial charge < -0.3 is 30.9 Å². The van der Waals surface area contributed by atoms with Crippen LogP contribution in [0, 0.1) is 5.92 Å². The molecular formula is C21H33F2N3O9. The summed E-state index contributed by atoms with van der Waals surface area (Å²) in [5.74, 6) is -7.22. The van der Waals surface area contributed by atoms with Crippen LogP contribution in [0.4, 0.5) is 13.6 Å². The average molecular weight is 510 g/mol. The predicted octanol–water partition coefficient (Wildman–Crippen LogP) is 1.07. The first-order valence-electron chi connectivity index (χ1n) is 10.8. The van der Waals surface area contributed by atoms with Crippen molar-refractivity contribution < 1.29 is 52.5 Å². The molecule has 3 amide bonds. The van der Waals surface area contributed by atoms with E-state index in [1.165, 1.54) is 0 Å². The molecule has 12 nitrogen and oxygen atoms in total. The second-order valence-electron chi connectivity index (χ2n) is 9.18. The van der Waals surface area contributed by atoms with E-state index in [0.29, 0.717) is 0 Å². The number of carboxylic acids is 2. The topological polar surface area (TPSA) is 188 Å². The molecule has 0 aromatic heterocycles. The molecule has 0 heterocycles. The molecule has 0 saturated heterocycles. The van der Waals surface area contributed by atoms with E-state index in [-0.39, 0.29) is 18.8 Å². The van der Waals surface area contributed by atoms with Crippen molar-refractivity contribution in [3.8, 4) is 0 Å². The third-order valence-corrected chi connectivity index (χ3v) is 4.25. The van der Waals surface area contributed by atoms with Crippen LogP contribution in [0.3, 0.4) is 0 Å². The number of Topliss-reactive ketones (excluding diaryl/α,β-unsaturated/α-hetero) is 1. The van der Waals surface area contributed by atoms with Crippen molar-refractivity contribution in [2.75, 3.05) is 0 Å². The first kappa shape index (κ1) is 31.7. The van der Waals surface area contributed by atoms with E-state index in [0.717, 1.165) is 0 Å². The Kier molecular flexibility index (Phi) is 12.8. The summed E-state index contributed by atoms with van der Waals surface area (Å²) in [5, 5.41) is 24.2. The number of hydrogen-bond donors (Lipinski definition) is 5. The number of rotatable bonds is 14. The molecule has 35 heavy (non-hydrogen) atoms. The van der Waals surface area contributed by atoms with E-state index < -0.39 is 78.6 Å². The van der Waals surface area contributed by atoms with E-state index in [1.54, 1.807) is 34.6 Å². The maximum absolute atomic E-state index is 12.8. The number of ether oxygens (including phenoxy) is 1. The fourth-order valence-electron chi connectivity index (χ4n) is 2.79. The Morgan fingerprint density at radius 1 is 0.829 bits per heavy atom. The fourth-order valence-corrected chi connectivity index (χ4v) is 2.79. The molecule has 0 aliphatic rings. The summed E-state index contributed by atoms with van der Waals surface area (Å²) in [6, 6.07) is -4.87. The molecule has 0 saturated carbocycles. The lowest BCUT2D eigenvalue weighted by Crippen LogP contribution is -2.57. The van der Waals surface area contributed by atoms with Gasteiger partial charge in [-0.2, -0.15) is 0 Å². The molecule has 0 fully saturated rings. The van der Waals surface area contributed by atoms with Crippen molar-refractivity contribution in [3.05, 3.63) is 0 Å². The normalized spacial score (nSPS) is 14.0. The maximum Gasteiger partial charge on any atom is 0.408 e. The summed E-state index contributed by atoms with van der Waals surface area (Å²) in [6.45, 7) is 8.04. The zero-order valence-electron chi connectivity index (χ0n) is 20.2. The number of ketones is 1. The SMILES string of the molecule is CC(C)CC(NC(=O)C(CCC(=O)O)NC(=O)OC(C)(C)C)C(=O)NC(CC(F)F)C(=O)C(=O)O. The largest absolute Gasteiger partial charge is 0.481 e. The molecule has 3 unspecified atom stereocenters. The highest BCUT2D eigenvalue weighted by atomic mass is 19.3. The highest BCUT2D eigenvalue weighted by molar-refractivity contribution is 6.35. The van der Waals surface area contributed by atoms with Crippen LogP contribution >= 0.6 is 0 Å². The van der Waals surface area contributed by atoms with Crippen LogP contribution in [0.15, 0.2) is 0 Å². The number of hydrogen-bond acceptors (Lipinski definition) is 7. The minimum atomic E-state index is -3.10. The Morgan fingerprint density at radius 2 is 1.34 bits per heavy atom. The van der Waals surface area contributed by atoms with E-state index in [4.69, 9.17) is 14.9 Å². The number of aliphatic carboxylic acids is 2. The average Bonchev–Trinajstić information content (AvgIpc) is 2.66. The molecule has 0 radical (unpaired) electrons. The Bertz CT molecular complexity index is 797. The summed E-state index contributed by atoms with van der Waals surface area (Å²) >= 11 is 0. The van der Waals surface area contributed by atoms with Crippen LogP contribution in [0.5, 0.6) is 0 Å². The second-order valence-corrected chi connectivity index (χ2v) is 9.18. The van der Waals surface area contributed by atoms with Gasteiger partial charge in [-0.15, -0.1) is 0 Å². The Labute approximate surface area is 201 Å². The number of nitrogens with one attached hydrogen (secondary N) is 3. The Balaban J connectivity index is 5.69. The Hall–Kier alpha value is -3.32. The molecule has 5 N–H and O–H groups in total. The molecule has 0 aliphatic carbocycles. The quantitative estimate of drug-likeness (QED) is 0.213. The summed E-state index contributed by atoms with van der Waals surface area (Å²) in [5.41, 5.74) is -0.922. The van der Waals surface area contributed by atoms with Crippen LogP contribution in [0.2, 0.25) is 0 Å². The summed E-state index contributed by atoms with van der Waals surface area (Å²) in [4.78, 5) is 71.2. The molecule has 0 rings (SSSR count). The molecule has 200 valence electrons. The molecule has 0 bridgehead atoms. The van der Waals surface area contributed by atoms with Crippen LogP contribution < -0.4 is 16.0 Å². The molecule has 0 aliphatic heterocycles. The van der Waals surface area contributed by atoms with Gasteiger partial charge in [-0.25, -0.2) is 18.4 Å². The van der Waals surface area contributed by atoms with Gasteiger partial charge in [0.05, 0.1) is 0 Å². The van der Waals surface area contributed by atoms with Crippen molar-refractivity contribution in [1.82, 2.24) is 16.0 Å². The third-order valence-electron chi connectivity index (χ3n) is 4.25. The maximum atomic E-state index is 12.8. The van der Waals surface area contributed by atoms with Gasteiger partial charge in [0.2, 0.25) is 18.2 Å². The lowest BCUT2D eigenvalue weighted by molar-refractivity contribution is -0.151. The lowest BCUT2D eigenvalue weighted by atomic mass is 10.0. The zero-order valence-corrected chi connectivity index (χ0v) is 20.2. The number of amides is 3. The van der Waals surface area contributed by atoms with Gasteiger partial charge in [-0.05, 0) is 39.5 Å². The number of carbonyl (C=O) groups is 6. The van der Waals surface area contributed by atoms with Crippen molar-refractivity contribution in [2.24, 2.45) is 5.92 Å². The predicted molar refractivity (Wildman–Crippen MR) is 117 cm³/mol. The molecule has 0 aromatic carbocycles. The van der Waals surface area contributed by atoms with Gasteiger partial charge in [0.15, 0.2) is 0 Å². The molecule has 0 aromatic rings. The van der Waals surface area contributed by atoms with E-state index in [1.807, 2.05) is 5.32 Å². The van der Waals surface area contributed by atoms with E-state index in [2.05, 4.69) is 10.6 Å². The minimum absolute atomic E-state index is 0.0433. The summed E-state index contributed by atoms with van der Waals surface area (Å²) < 4.78 is 30.7. The van der Waals surface area contributed by atoms with Crippen molar-refractivity contribution in [2.45, 2.75) is 90.5 Å². The first-order valence-corrected chi connectivity index (χ1v) is 10.8. The Morgan fingerprint density at radius 3 is 1.77 bits per heavy atom. The van der Waals surface area contributed by atoms with Crippen LogP contribution in [0.1, 0.15) is 60.3 Å². The van der Waals surface area contributed by atoms with Gasteiger partial charge >= 0.3 is 18.0 Å². The highest BCUT2D eigenvalue weighted by Crippen LogP contribution is 2.11. The molecular weight excluding hydrogens is 476 g/mol. The van der Waals surface area contributed by atoms with Crippen LogP contribution in [0.25, 0.3) is 0 Å². The number of alkyl carbamates (subject to hydrolysis) is 1. The molecule has 14 heteroatoms. The second kappa shape index (κ2) is 14.2. The van der Waals surface area contributed by atoms with Crippen molar-refractivity contribution >= 4 is 35.6 Å². The van der Waals surface area contributed by atoms with E-state index >= 15 is 0 Å². The summed E-state index contributed by atoms with van der Waals surface area (Å²) in [6.07, 6.45) is -6.28. The van der Waals surface area contributed by atoms with Gasteiger partial charge in [0.1, 0.15) is 23.7 Å². The van der Waals surface area contributed by atoms with Gasteiger partial charge in [-0.3, -0.25) is 19.2 Å². The van der Waals surface area contributed by atoms with Gasteiger partial charge in [0.25, 0.3) is 5.78 Å². The minimum Gasteiger partial charge on any atom is -0.481 e. The number of alkyl halides is 2. The standard InChI is InChI=1S/C21H33F2N3O9/c1-10(2)8-13(18(31)24-12(9-14(22)23)16(29)19(32)33)25-17(30)11(6-7-15(27)28)26-20(34)35-21(3,4)5/h10-14H,6-9H2,1-5H3,(H,24,31)(H,25,30)(H,26,34)(H,27,28)(H,32,33). The highest BCUT2D eigenvalue weighted by Gasteiger charge is 2.34. The smallest absolute Gasteiger partial charge is 0.408 e. The third kappa shape index (κ3) is 13.9. The van der Waals surface area contributed by atoms with Gasteiger partial charge in [-0.1, -0.05) is 13.8 Å². The van der Waals surface area contributed by atoms with Crippen molar-refractivity contribution in [3.63, 3.8) is 0 Å². The monoisotopic (exact) mass is 509 g/mol. The van der Waals surface area contributed by atoms with E-state index in [9.17, 15) is 37.5 Å². The first-order chi connectivity index (χ1) is 15.9. The zero-order chi connectivity index (χ0) is 27.5. The van der Waals surface area contributed by atoms with Crippen molar-refractivity contribution in [1.29, 1.82) is 0 Å².